The maximum atomic E-state index is 12.5. The second-order valence-electron chi connectivity index (χ2n) is 11.6. The van der Waals surface area contributed by atoms with Gasteiger partial charge in [0.05, 0.1) is 26.6 Å². The summed E-state index contributed by atoms with van der Waals surface area (Å²) in [5.74, 6) is -0.535. The summed E-state index contributed by atoms with van der Waals surface area (Å²) in [6, 6.07) is 0. The highest BCUT2D eigenvalue weighted by Crippen LogP contribution is 2.63. The number of aromatic nitrogens is 8. The lowest BCUT2D eigenvalue weighted by atomic mass is 10.1. The third-order valence-electron chi connectivity index (χ3n) is 8.15. The zero-order valence-electron chi connectivity index (χ0n) is 27.8. The normalized spacial score (nSPS) is 29.4. The summed E-state index contributed by atoms with van der Waals surface area (Å²) in [4.78, 5) is 78.4. The molecule has 5 unspecified atom stereocenters. The Morgan fingerprint density at radius 3 is 2.11 bits per heavy atom. The molecule has 28 nitrogen and oxygen atoms in total. The van der Waals surface area contributed by atoms with E-state index < -0.39 is 96.9 Å². The Kier molecular flexibility index (Phi) is 11.0. The van der Waals surface area contributed by atoms with E-state index in [1.807, 2.05) is 0 Å². The number of phosphoric ester groups is 2. The van der Waals surface area contributed by atoms with Crippen LogP contribution in [-0.2, 0) is 57.4 Å². The third-order valence-corrected chi connectivity index (χ3v) is 12.3. The third kappa shape index (κ3) is 7.92. The van der Waals surface area contributed by atoms with Crippen LogP contribution in [0.4, 0.5) is 11.9 Å². The number of nitrogens with zero attached hydrogens (tertiary/aromatic N) is 6. The van der Waals surface area contributed by atoms with Crippen molar-refractivity contribution in [3.05, 3.63) is 33.4 Å². The number of hydrogen-bond donors (Lipinski definition) is 6. The van der Waals surface area contributed by atoms with Crippen molar-refractivity contribution in [1.29, 1.82) is 0 Å². The van der Waals surface area contributed by atoms with E-state index in [1.54, 1.807) is 0 Å². The van der Waals surface area contributed by atoms with Crippen LogP contribution in [0.5, 0.6) is 0 Å². The predicted molar refractivity (Wildman–Crippen MR) is 167 cm³/mol. The first-order chi connectivity index (χ1) is 25.2. The van der Waals surface area contributed by atoms with Crippen LogP contribution in [-0.4, -0.2) is 108 Å². The smallest absolute Gasteiger partial charge is 0.313 e. The molecule has 54 heavy (non-hydrogen) atoms. The number of aryl methyl sites for hydroxylation is 1. The van der Waals surface area contributed by atoms with Crippen molar-refractivity contribution in [2.75, 3.05) is 38.9 Å². The van der Waals surface area contributed by atoms with Gasteiger partial charge in [-0.25, -0.2) is 18.2 Å². The molecular weight excluding hydrogens is 797 g/mol. The summed E-state index contributed by atoms with van der Waals surface area (Å²) in [7, 11) is -14.5. The summed E-state index contributed by atoms with van der Waals surface area (Å²) in [5.41, 5.74) is 9.73. The van der Waals surface area contributed by atoms with Crippen LogP contribution < -0.4 is 41.8 Å². The van der Waals surface area contributed by atoms with Gasteiger partial charge in [0.1, 0.15) is 36.6 Å². The number of nitrogens with one attached hydrogen (secondary N) is 2. The van der Waals surface area contributed by atoms with Crippen molar-refractivity contribution in [1.82, 2.24) is 34.1 Å². The van der Waals surface area contributed by atoms with Crippen molar-refractivity contribution in [3.63, 3.8) is 0 Å². The molecule has 2 fully saturated rings. The van der Waals surface area contributed by atoms with Crippen LogP contribution >= 0.6 is 23.5 Å². The molecule has 4 aromatic rings. The zero-order chi connectivity index (χ0) is 39.5. The maximum absolute atomic E-state index is 12.5. The molecule has 298 valence electrons. The number of aliphatic hydroxyl groups is 2. The van der Waals surface area contributed by atoms with E-state index in [0.29, 0.717) is 0 Å². The van der Waals surface area contributed by atoms with Gasteiger partial charge in [0.25, 0.3) is 40.5 Å². The van der Waals surface area contributed by atoms with Crippen LogP contribution in [0.15, 0.2) is 22.2 Å². The van der Waals surface area contributed by atoms with E-state index in [2.05, 4.69) is 42.6 Å². The molecule has 4 aromatic heterocycles. The second-order valence-corrected chi connectivity index (χ2v) is 16.1. The molecule has 2 aliphatic heterocycles. The fourth-order valence-corrected chi connectivity index (χ4v) is 9.31. The molecule has 0 aromatic carbocycles. The molecule has 6 rings (SSSR count). The average molecular weight is 828 g/mol. The van der Waals surface area contributed by atoms with Crippen molar-refractivity contribution < 1.29 is 79.8 Å². The van der Waals surface area contributed by atoms with E-state index in [-0.39, 0.29) is 34.2 Å². The van der Waals surface area contributed by atoms with E-state index >= 15 is 0 Å². The first-order valence-corrected chi connectivity index (χ1v) is 19.5. The highest BCUT2D eigenvalue weighted by molar-refractivity contribution is 7.65. The van der Waals surface area contributed by atoms with Crippen LogP contribution in [0, 0.1) is 0 Å². The number of aliphatic hydroxyl groups excluding tert-OH is 2. The molecule has 8 N–H and O–H groups in total. The molecule has 0 bridgehead atoms. The Balaban J connectivity index is 1.07. The number of hydrogen-bond acceptors (Lipinski definition) is 23. The van der Waals surface area contributed by atoms with Gasteiger partial charge in [-0.15, -0.1) is 0 Å². The minimum absolute atomic E-state index is 0.0226. The lowest BCUT2D eigenvalue weighted by Crippen LogP contribution is -2.46. The standard InChI is InChI=1S/C23H33N10O18P3/c1-31-7-33(17-11(31)19(37)30-23(25)28-17)20-13(35)14(44-2)9(49-20)5-47-53(40,41)51-54(42,43)50-52(38,39)46-4-8-12(34)15(45-3)21(48-8)32-6-26-10-16(32)27-22(24)29-18(10)36/h6-9,12-15,20-21,34-35H,4-5H2,1-3H3,(H8-,24,25,27,28,29,30,36,37,38,39,40,41,42,43)/p-2/t8?,9-,12-,13+,14-,15-,20?,21-/m1/s1. The van der Waals surface area contributed by atoms with Crippen LogP contribution in [0.25, 0.3) is 22.3 Å². The van der Waals surface area contributed by atoms with Crippen LogP contribution in [0.1, 0.15) is 12.5 Å². The van der Waals surface area contributed by atoms with E-state index in [1.165, 1.54) is 34.2 Å². The van der Waals surface area contributed by atoms with E-state index in [0.717, 1.165) is 13.4 Å². The highest BCUT2D eigenvalue weighted by Gasteiger charge is 2.49. The van der Waals surface area contributed by atoms with Gasteiger partial charge < -0.3 is 64.4 Å². The number of ether oxygens (including phenoxy) is 4. The minimum atomic E-state index is -6.33. The Morgan fingerprint density at radius 1 is 0.889 bits per heavy atom. The van der Waals surface area contributed by atoms with Crippen LogP contribution in [0.3, 0.4) is 0 Å². The lowest BCUT2D eigenvalue weighted by molar-refractivity contribution is -0.745. The molecule has 31 heteroatoms. The fraction of sp³-hybridized carbons (Fsp3) is 0.565. The van der Waals surface area contributed by atoms with Gasteiger partial charge >= 0.3 is 5.65 Å². The molecule has 0 spiro atoms. The lowest BCUT2D eigenvalue weighted by Gasteiger charge is -2.35. The molecule has 0 saturated carbocycles. The van der Waals surface area contributed by atoms with Gasteiger partial charge in [-0.3, -0.25) is 42.4 Å². The summed E-state index contributed by atoms with van der Waals surface area (Å²) >= 11 is 0. The maximum Gasteiger partial charge on any atom is 0.313 e. The van der Waals surface area contributed by atoms with Gasteiger partial charge in [0.15, 0.2) is 23.7 Å². The van der Waals surface area contributed by atoms with Crippen LogP contribution in [0.2, 0.25) is 0 Å². The molecular formula is C23H31N10O18P3-2. The monoisotopic (exact) mass is 828 g/mol. The first kappa shape index (κ1) is 40.1. The summed E-state index contributed by atoms with van der Waals surface area (Å²) in [6.07, 6.45) is -8.91. The molecule has 2 saturated heterocycles. The number of anilines is 2. The number of imidazole rings is 2. The molecule has 2 aliphatic rings. The SMILES string of the molecule is CO[C@@H]1[C@H](O)C(COP(=O)([O-])OP(=O)([O-])OP(=O)([O-])OC[C@H]2OC([n+]3cn(C)c4c(=O)[nH]c(N)nc43)[C@@H](O)[C@@H]2OC)O[C@H]1n1cnc2c(=O)[nH]c(N)nc21. The quantitative estimate of drug-likeness (QED) is 0.0511. The molecule has 11 atom stereocenters. The number of rotatable bonds is 14. The van der Waals surface area contributed by atoms with Crippen molar-refractivity contribution in [3.8, 4) is 0 Å². The second kappa shape index (κ2) is 14.8. The number of fused-ring (bicyclic) bond motifs is 2. The summed E-state index contributed by atoms with van der Waals surface area (Å²) in [5, 5.41) is 21.6. The minimum Gasteiger partial charge on any atom is -0.756 e. The molecule has 0 amide bonds. The number of H-pyrrole nitrogens is 2. The number of phosphoric acid groups is 3. The Morgan fingerprint density at radius 2 is 1.48 bits per heavy atom. The number of nitrogen functional groups attached to an aromatic ring is 2. The Bertz CT molecular complexity index is 2320. The van der Waals surface area contributed by atoms with E-state index in [4.69, 9.17) is 30.4 Å². The number of aromatic amines is 2. The van der Waals surface area contributed by atoms with Crippen molar-refractivity contribution in [2.24, 2.45) is 7.05 Å². The molecule has 6 heterocycles. The summed E-state index contributed by atoms with van der Waals surface area (Å²) in [6.45, 7) is -2.14. The van der Waals surface area contributed by atoms with E-state index in [9.17, 15) is 48.2 Å². The number of methoxy groups -OCH3 is 2. The van der Waals surface area contributed by atoms with Gasteiger partial charge in [-0.05, 0) is 0 Å². The number of nitrogens with two attached hydrogens (primary N) is 2. The highest BCUT2D eigenvalue weighted by atomic mass is 31.3. The largest absolute Gasteiger partial charge is 0.756 e. The van der Waals surface area contributed by atoms with Crippen molar-refractivity contribution in [2.45, 2.75) is 49.1 Å². The molecule has 0 aliphatic carbocycles. The topological polar surface area (TPSA) is 405 Å². The van der Waals surface area contributed by atoms with Gasteiger partial charge in [-0.1, -0.05) is 4.98 Å². The molecule has 0 radical (unpaired) electrons. The van der Waals surface area contributed by atoms with Gasteiger partial charge in [0, 0.05) is 14.2 Å². The zero-order valence-corrected chi connectivity index (χ0v) is 30.5. The van der Waals surface area contributed by atoms with Gasteiger partial charge in [0.2, 0.25) is 17.7 Å². The van der Waals surface area contributed by atoms with Crippen molar-refractivity contribution >= 4 is 57.7 Å². The Labute approximate surface area is 299 Å². The predicted octanol–water partition coefficient (Wildman–Crippen LogP) is -5.14. The van der Waals surface area contributed by atoms with Gasteiger partial charge in [-0.2, -0.15) is 4.98 Å². The average Bonchev–Trinajstić information content (AvgIpc) is 3.79. The fourth-order valence-electron chi connectivity index (χ4n) is 5.93. The Hall–Kier alpha value is -3.53. The first-order valence-electron chi connectivity index (χ1n) is 15.1. The summed E-state index contributed by atoms with van der Waals surface area (Å²) < 4.78 is 79.8.